The first-order valence-corrected chi connectivity index (χ1v) is 14.7. The molecule has 0 spiro atoms. The number of ether oxygens (including phenoxy) is 2. The molecule has 7 nitrogen and oxygen atoms in total. The average molecular weight is 549 g/mol. The van der Waals surface area contributed by atoms with Gasteiger partial charge in [-0.3, -0.25) is 4.79 Å². The number of nitrogens with zero attached hydrogens (tertiary/aromatic N) is 1. The van der Waals surface area contributed by atoms with Crippen molar-refractivity contribution in [2.75, 3.05) is 19.8 Å². The zero-order valence-corrected chi connectivity index (χ0v) is 22.3. The molecule has 2 aliphatic heterocycles. The van der Waals surface area contributed by atoms with Crippen LogP contribution in [0.5, 0.6) is 0 Å². The molecule has 0 radical (unpaired) electrons. The van der Waals surface area contributed by atoms with Gasteiger partial charge in [-0.15, -0.1) is 0 Å². The van der Waals surface area contributed by atoms with Gasteiger partial charge in [-0.25, -0.2) is 17.2 Å². The van der Waals surface area contributed by atoms with E-state index >= 15 is 8.78 Å². The zero-order chi connectivity index (χ0) is 26.9. The zero-order valence-electron chi connectivity index (χ0n) is 21.5. The third-order valence-corrected chi connectivity index (χ3v) is 10.2. The summed E-state index contributed by atoms with van der Waals surface area (Å²) in [5.74, 6) is -1.68. The van der Waals surface area contributed by atoms with Gasteiger partial charge in [0.2, 0.25) is 15.9 Å². The number of amides is 1. The molecule has 2 aromatic carbocycles. The summed E-state index contributed by atoms with van der Waals surface area (Å²) in [5, 5.41) is 2.12. The molecule has 1 N–H and O–H groups in total. The first kappa shape index (κ1) is 27.2. The minimum absolute atomic E-state index is 0.0259. The standard InChI is InChI=1S/C28H34F2N2O5S/c1-19-7-10-26(20-5-3-2-4-6-20)38(34,35)32(19)17-21-15-25(30)23(16-24(21)29)28(11-13-36-14-12-28)37-18-27(33)31-22-8-9-22/h2-6,15-16,19,22,26H,7-14,17-18H2,1H3,(H,31,33)/t19-,26+/m0/s1. The molecule has 38 heavy (non-hydrogen) atoms. The van der Waals surface area contributed by atoms with E-state index in [1.807, 2.05) is 6.07 Å². The largest absolute Gasteiger partial charge is 0.381 e. The number of halogens is 2. The van der Waals surface area contributed by atoms with Crippen molar-refractivity contribution in [2.24, 2.45) is 0 Å². The molecule has 1 saturated carbocycles. The van der Waals surface area contributed by atoms with Gasteiger partial charge in [0.1, 0.15) is 29.1 Å². The van der Waals surface area contributed by atoms with Gasteiger partial charge < -0.3 is 14.8 Å². The average Bonchev–Trinajstić information content (AvgIpc) is 3.72. The number of sulfonamides is 1. The van der Waals surface area contributed by atoms with Crippen LogP contribution in [0.2, 0.25) is 0 Å². The molecule has 2 aromatic rings. The van der Waals surface area contributed by atoms with E-state index in [0.29, 0.717) is 18.4 Å². The third-order valence-electron chi connectivity index (χ3n) is 7.87. The SMILES string of the molecule is C[C@H]1CC[C@H](c2ccccc2)S(=O)(=O)N1Cc1cc(F)c(C2(OCC(=O)NC3CC3)CCOCC2)cc1F. The summed E-state index contributed by atoms with van der Waals surface area (Å²) in [5.41, 5.74) is -0.524. The van der Waals surface area contributed by atoms with Gasteiger partial charge in [-0.2, -0.15) is 4.31 Å². The van der Waals surface area contributed by atoms with Crippen LogP contribution in [-0.2, 0) is 36.4 Å². The fraction of sp³-hybridized carbons (Fsp3) is 0.536. The van der Waals surface area contributed by atoms with Crippen LogP contribution >= 0.6 is 0 Å². The molecule has 2 saturated heterocycles. The van der Waals surface area contributed by atoms with Crippen molar-refractivity contribution in [3.05, 3.63) is 70.8 Å². The highest BCUT2D eigenvalue weighted by molar-refractivity contribution is 7.89. The minimum atomic E-state index is -3.80. The van der Waals surface area contributed by atoms with E-state index in [-0.39, 0.29) is 68.3 Å². The number of hydrogen-bond donors (Lipinski definition) is 1. The van der Waals surface area contributed by atoms with E-state index in [1.165, 1.54) is 4.31 Å². The lowest BCUT2D eigenvalue weighted by Gasteiger charge is -2.39. The number of benzene rings is 2. The summed E-state index contributed by atoms with van der Waals surface area (Å²) < 4.78 is 71.0. The molecule has 0 unspecified atom stereocenters. The molecular weight excluding hydrogens is 514 g/mol. The quantitative estimate of drug-likeness (QED) is 0.531. The van der Waals surface area contributed by atoms with Gasteiger partial charge in [0.25, 0.3) is 0 Å². The van der Waals surface area contributed by atoms with Crippen LogP contribution < -0.4 is 5.32 Å². The van der Waals surface area contributed by atoms with Crippen LogP contribution in [0.15, 0.2) is 42.5 Å². The van der Waals surface area contributed by atoms with E-state index in [9.17, 15) is 13.2 Å². The second kappa shape index (κ2) is 11.0. The Bertz CT molecular complexity index is 1260. The first-order chi connectivity index (χ1) is 18.2. The Morgan fingerprint density at radius 2 is 1.79 bits per heavy atom. The normalized spacial score (nSPS) is 25.1. The highest BCUT2D eigenvalue weighted by Gasteiger charge is 2.42. The maximum atomic E-state index is 15.6. The van der Waals surface area contributed by atoms with Gasteiger partial charge in [0.05, 0.1) is 0 Å². The van der Waals surface area contributed by atoms with Crippen LogP contribution in [-0.4, -0.2) is 50.5 Å². The Hall–Kier alpha value is -2.40. The van der Waals surface area contributed by atoms with Crippen molar-refractivity contribution < 1.29 is 31.5 Å². The molecule has 1 amide bonds. The van der Waals surface area contributed by atoms with Gasteiger partial charge in [0, 0.05) is 55.8 Å². The Labute approximate surface area is 222 Å². The topological polar surface area (TPSA) is 84.9 Å². The van der Waals surface area contributed by atoms with E-state index in [1.54, 1.807) is 31.2 Å². The Balaban J connectivity index is 1.39. The Kier molecular flexibility index (Phi) is 7.86. The van der Waals surface area contributed by atoms with Crippen molar-refractivity contribution >= 4 is 15.9 Å². The van der Waals surface area contributed by atoms with Gasteiger partial charge in [-0.1, -0.05) is 30.3 Å². The molecule has 1 aliphatic carbocycles. The van der Waals surface area contributed by atoms with Crippen LogP contribution in [0.25, 0.3) is 0 Å². The maximum absolute atomic E-state index is 15.6. The van der Waals surface area contributed by atoms with Gasteiger partial charge in [-0.05, 0) is 50.3 Å². The van der Waals surface area contributed by atoms with Gasteiger partial charge in [0.15, 0.2) is 0 Å². The van der Waals surface area contributed by atoms with Crippen LogP contribution in [0.4, 0.5) is 8.78 Å². The summed E-state index contributed by atoms with van der Waals surface area (Å²) in [6.07, 6.45) is 3.50. The predicted octanol–water partition coefficient (Wildman–Crippen LogP) is 4.32. The lowest BCUT2D eigenvalue weighted by Crippen LogP contribution is -2.45. The fourth-order valence-electron chi connectivity index (χ4n) is 5.47. The van der Waals surface area contributed by atoms with Crippen molar-refractivity contribution in [1.82, 2.24) is 9.62 Å². The monoisotopic (exact) mass is 548 g/mol. The number of carbonyl (C=O) groups is 1. The Morgan fingerprint density at radius 1 is 1.08 bits per heavy atom. The van der Waals surface area contributed by atoms with Crippen LogP contribution in [0.1, 0.15) is 67.4 Å². The molecule has 206 valence electrons. The Morgan fingerprint density at radius 3 is 2.47 bits per heavy atom. The summed E-state index contributed by atoms with van der Waals surface area (Å²) in [7, 11) is -3.80. The lowest BCUT2D eigenvalue weighted by atomic mass is 9.85. The van der Waals surface area contributed by atoms with E-state index in [0.717, 1.165) is 25.0 Å². The summed E-state index contributed by atoms with van der Waals surface area (Å²) in [6.45, 7) is 1.84. The van der Waals surface area contributed by atoms with Crippen LogP contribution in [0, 0.1) is 11.6 Å². The summed E-state index contributed by atoms with van der Waals surface area (Å²) in [4.78, 5) is 12.3. The predicted molar refractivity (Wildman–Crippen MR) is 138 cm³/mol. The van der Waals surface area contributed by atoms with Crippen molar-refractivity contribution in [3.63, 3.8) is 0 Å². The maximum Gasteiger partial charge on any atom is 0.246 e. The van der Waals surface area contributed by atoms with Gasteiger partial charge >= 0.3 is 0 Å². The van der Waals surface area contributed by atoms with Crippen molar-refractivity contribution in [1.29, 1.82) is 0 Å². The molecule has 10 heteroatoms. The molecular formula is C28H34F2N2O5S. The first-order valence-electron chi connectivity index (χ1n) is 13.2. The molecule has 0 aromatic heterocycles. The van der Waals surface area contributed by atoms with E-state index in [2.05, 4.69) is 5.32 Å². The number of hydrogen-bond acceptors (Lipinski definition) is 5. The molecule has 2 atom stereocenters. The lowest BCUT2D eigenvalue weighted by molar-refractivity contribution is -0.146. The molecule has 0 bridgehead atoms. The highest BCUT2D eigenvalue weighted by atomic mass is 32.2. The third kappa shape index (κ3) is 5.64. The fourth-order valence-corrected chi connectivity index (χ4v) is 7.66. The summed E-state index contributed by atoms with van der Waals surface area (Å²) >= 11 is 0. The minimum Gasteiger partial charge on any atom is -0.381 e. The second-order valence-corrected chi connectivity index (χ2v) is 12.6. The summed E-state index contributed by atoms with van der Waals surface area (Å²) in [6, 6.07) is 11.0. The highest BCUT2D eigenvalue weighted by Crippen LogP contribution is 2.41. The second-order valence-electron chi connectivity index (χ2n) is 10.6. The van der Waals surface area contributed by atoms with Crippen LogP contribution in [0.3, 0.4) is 0 Å². The molecule has 2 heterocycles. The number of carbonyl (C=O) groups excluding carboxylic acids is 1. The van der Waals surface area contributed by atoms with Crippen molar-refractivity contribution in [3.8, 4) is 0 Å². The van der Waals surface area contributed by atoms with Crippen molar-refractivity contribution in [2.45, 2.75) is 74.9 Å². The smallest absolute Gasteiger partial charge is 0.246 e. The van der Waals surface area contributed by atoms with E-state index in [4.69, 9.17) is 9.47 Å². The number of rotatable bonds is 8. The molecule has 5 rings (SSSR count). The molecule has 3 aliphatic rings. The number of nitrogens with one attached hydrogen (secondary N) is 1. The van der Waals surface area contributed by atoms with E-state index < -0.39 is 32.5 Å². The molecule has 3 fully saturated rings.